The zero-order valence-corrected chi connectivity index (χ0v) is 22.2. The van der Waals surface area contributed by atoms with Crippen LogP contribution in [0.25, 0.3) is 11.1 Å². The molecule has 204 valence electrons. The number of rotatable bonds is 11. The summed E-state index contributed by atoms with van der Waals surface area (Å²) in [6.07, 6.45) is 1.32. The highest BCUT2D eigenvalue weighted by molar-refractivity contribution is 7.86. The number of hydrogen-bond donors (Lipinski definition) is 3. The van der Waals surface area contributed by atoms with Gasteiger partial charge in [0.15, 0.2) is 11.6 Å². The highest BCUT2D eigenvalue weighted by Crippen LogP contribution is 2.36. The smallest absolute Gasteiger partial charge is 0.273 e. The van der Waals surface area contributed by atoms with Crippen molar-refractivity contribution in [2.24, 2.45) is 5.73 Å². The Morgan fingerprint density at radius 1 is 1.16 bits per heavy atom. The van der Waals surface area contributed by atoms with Crippen LogP contribution in [-0.2, 0) is 16.7 Å². The molecule has 1 unspecified atom stereocenters. The number of anilines is 1. The highest BCUT2D eigenvalue weighted by atomic mass is 35.5. The molecular weight excluding hydrogens is 542 g/mol. The number of pyridine rings is 1. The van der Waals surface area contributed by atoms with Gasteiger partial charge in [0, 0.05) is 29.4 Å². The predicted molar refractivity (Wildman–Crippen MR) is 140 cm³/mol. The highest BCUT2D eigenvalue weighted by Gasteiger charge is 2.30. The summed E-state index contributed by atoms with van der Waals surface area (Å²) >= 11 is 5.87. The first-order valence-electron chi connectivity index (χ1n) is 11.5. The Balaban J connectivity index is 2.12. The molecule has 2 aromatic carbocycles. The number of carbonyl (C=O) groups excluding carboxylic acids is 1. The fourth-order valence-electron chi connectivity index (χ4n) is 3.88. The van der Waals surface area contributed by atoms with Crippen molar-refractivity contribution in [2.75, 3.05) is 25.4 Å². The second-order valence-corrected chi connectivity index (χ2v) is 10.4. The van der Waals surface area contributed by atoms with Gasteiger partial charge in [-0.3, -0.25) is 9.35 Å². The molecule has 0 bridgehead atoms. The Morgan fingerprint density at radius 2 is 1.82 bits per heavy atom. The van der Waals surface area contributed by atoms with Crippen molar-refractivity contribution in [3.63, 3.8) is 0 Å². The second kappa shape index (κ2) is 12.0. The zero-order valence-electron chi connectivity index (χ0n) is 20.6. The molecule has 0 radical (unpaired) electrons. The fraction of sp³-hybridized carbons (Fsp3) is 0.280. The first kappa shape index (κ1) is 29.2. The predicted octanol–water partition coefficient (Wildman–Crippen LogP) is 4.21. The zero-order chi connectivity index (χ0) is 28.2. The molecule has 0 saturated carbocycles. The number of carbonyl (C=O) groups is 1. The summed E-state index contributed by atoms with van der Waals surface area (Å²) in [7, 11) is -4.60. The fourth-order valence-corrected chi connectivity index (χ4v) is 5.01. The van der Waals surface area contributed by atoms with Crippen LogP contribution in [0, 0.1) is 11.6 Å². The van der Waals surface area contributed by atoms with Crippen LogP contribution in [0.1, 0.15) is 40.6 Å². The Bertz CT molecular complexity index is 1450. The summed E-state index contributed by atoms with van der Waals surface area (Å²) in [6.45, 7) is 4.24. The standard InChI is InChI=1S/C25H27ClF2N4O5S/c1-3-32(4-2)12-22(38(34,35)36)16-6-5-14(25(30)33)9-17(16)15-10-21(24(29)31-11-15)37-13-18-19(27)7-8-20(28)23(18)26/h5-11,22H,3-4,12-13H2,1-2H3,(H2,29,31)(H2,30,33)(H,34,35,36). The lowest BCUT2D eigenvalue weighted by Crippen LogP contribution is -2.32. The third-order valence-corrected chi connectivity index (χ3v) is 7.60. The van der Waals surface area contributed by atoms with Crippen LogP contribution in [0.2, 0.25) is 5.02 Å². The number of likely N-dealkylation sites (N-methyl/N-ethyl adjacent to an activating group) is 1. The molecule has 0 aliphatic heterocycles. The number of amides is 1. The number of nitrogens with zero attached hydrogens (tertiary/aromatic N) is 2. The Kier molecular flexibility index (Phi) is 9.26. The maximum absolute atomic E-state index is 14.2. The average Bonchev–Trinajstić information content (AvgIpc) is 2.87. The number of hydrogen-bond acceptors (Lipinski definition) is 7. The van der Waals surface area contributed by atoms with Crippen LogP contribution < -0.4 is 16.2 Å². The molecule has 5 N–H and O–H groups in total. The lowest BCUT2D eigenvalue weighted by atomic mass is 9.95. The van der Waals surface area contributed by atoms with Gasteiger partial charge >= 0.3 is 0 Å². The number of ether oxygens (including phenoxy) is 1. The molecule has 0 aliphatic rings. The van der Waals surface area contributed by atoms with Gasteiger partial charge in [0.2, 0.25) is 5.91 Å². The molecule has 0 saturated heterocycles. The monoisotopic (exact) mass is 568 g/mol. The van der Waals surface area contributed by atoms with Crippen LogP contribution in [0.4, 0.5) is 14.6 Å². The van der Waals surface area contributed by atoms with E-state index in [1.807, 2.05) is 18.7 Å². The van der Waals surface area contributed by atoms with Crippen LogP contribution in [0.3, 0.4) is 0 Å². The molecule has 1 atom stereocenters. The van der Waals surface area contributed by atoms with Gasteiger partial charge in [-0.15, -0.1) is 0 Å². The van der Waals surface area contributed by atoms with Gasteiger partial charge in [-0.1, -0.05) is 31.5 Å². The molecule has 38 heavy (non-hydrogen) atoms. The quantitative estimate of drug-likeness (QED) is 0.230. The van der Waals surface area contributed by atoms with E-state index in [1.165, 1.54) is 30.5 Å². The molecule has 3 rings (SSSR count). The van der Waals surface area contributed by atoms with E-state index in [-0.39, 0.29) is 45.9 Å². The van der Waals surface area contributed by atoms with Gasteiger partial charge in [-0.2, -0.15) is 8.42 Å². The molecule has 1 aromatic heterocycles. The summed E-state index contributed by atoms with van der Waals surface area (Å²) in [5, 5.41) is -1.82. The van der Waals surface area contributed by atoms with Gasteiger partial charge in [-0.25, -0.2) is 13.8 Å². The normalized spacial score (nSPS) is 12.5. The lowest BCUT2D eigenvalue weighted by molar-refractivity contribution is 0.1000. The van der Waals surface area contributed by atoms with Crippen molar-refractivity contribution >= 4 is 33.4 Å². The van der Waals surface area contributed by atoms with Gasteiger partial charge in [0.05, 0.1) is 5.02 Å². The van der Waals surface area contributed by atoms with Gasteiger partial charge in [-0.05, 0) is 54.5 Å². The second-order valence-electron chi connectivity index (χ2n) is 8.37. The third-order valence-electron chi connectivity index (χ3n) is 6.07. The van der Waals surface area contributed by atoms with Crippen LogP contribution in [-0.4, -0.2) is 48.4 Å². The minimum Gasteiger partial charge on any atom is -0.485 e. The van der Waals surface area contributed by atoms with E-state index in [0.717, 1.165) is 12.1 Å². The van der Waals surface area contributed by atoms with Crippen molar-refractivity contribution in [3.05, 3.63) is 75.9 Å². The summed E-state index contributed by atoms with van der Waals surface area (Å²) in [5.74, 6) is -2.51. The van der Waals surface area contributed by atoms with Crippen molar-refractivity contribution in [2.45, 2.75) is 25.7 Å². The van der Waals surface area contributed by atoms with Gasteiger partial charge in [0.25, 0.3) is 10.1 Å². The molecule has 1 amide bonds. The van der Waals surface area contributed by atoms with Crippen molar-refractivity contribution in [1.29, 1.82) is 0 Å². The largest absolute Gasteiger partial charge is 0.485 e. The Morgan fingerprint density at radius 3 is 2.42 bits per heavy atom. The number of primary amides is 1. The maximum Gasteiger partial charge on any atom is 0.273 e. The first-order valence-corrected chi connectivity index (χ1v) is 13.4. The SMILES string of the molecule is CCN(CC)CC(c1ccc(C(N)=O)cc1-c1cnc(N)c(OCc2c(F)ccc(F)c2Cl)c1)S(=O)(=O)O. The number of aromatic nitrogens is 1. The van der Waals surface area contributed by atoms with Gasteiger partial charge < -0.3 is 21.1 Å². The summed E-state index contributed by atoms with van der Waals surface area (Å²) < 4.78 is 68.7. The van der Waals surface area contributed by atoms with E-state index in [1.54, 1.807) is 0 Å². The van der Waals surface area contributed by atoms with E-state index in [9.17, 15) is 26.5 Å². The molecule has 9 nitrogen and oxygen atoms in total. The van der Waals surface area contributed by atoms with Crippen molar-refractivity contribution in [1.82, 2.24) is 9.88 Å². The van der Waals surface area contributed by atoms with E-state index < -0.39 is 44.5 Å². The lowest BCUT2D eigenvalue weighted by Gasteiger charge is -2.25. The summed E-state index contributed by atoms with van der Waals surface area (Å²) in [4.78, 5) is 17.8. The minimum absolute atomic E-state index is 0.0299. The molecule has 0 aliphatic carbocycles. The molecule has 0 fully saturated rings. The topological polar surface area (TPSA) is 149 Å². The first-order chi connectivity index (χ1) is 17.9. The van der Waals surface area contributed by atoms with E-state index in [4.69, 9.17) is 27.8 Å². The Labute approximate surface area is 224 Å². The third kappa shape index (κ3) is 6.57. The Hall–Kier alpha value is -3.32. The maximum atomic E-state index is 14.2. The average molecular weight is 569 g/mol. The van der Waals surface area contributed by atoms with Crippen molar-refractivity contribution in [3.8, 4) is 16.9 Å². The summed E-state index contributed by atoms with van der Waals surface area (Å²) in [6, 6.07) is 7.32. The van der Waals surface area contributed by atoms with Crippen LogP contribution in [0.15, 0.2) is 42.6 Å². The van der Waals surface area contributed by atoms with Crippen molar-refractivity contribution < 1.29 is 31.3 Å². The summed E-state index contributed by atoms with van der Waals surface area (Å²) in [5.41, 5.74) is 11.9. The minimum atomic E-state index is -4.60. The molecule has 1 heterocycles. The van der Waals surface area contributed by atoms with Gasteiger partial charge in [0.1, 0.15) is 23.5 Å². The molecular formula is C25H27ClF2N4O5S. The number of halogens is 3. The van der Waals surface area contributed by atoms with E-state index in [0.29, 0.717) is 13.1 Å². The molecule has 0 spiro atoms. The van der Waals surface area contributed by atoms with Crippen LogP contribution >= 0.6 is 11.6 Å². The van der Waals surface area contributed by atoms with E-state index in [2.05, 4.69) is 4.98 Å². The molecule has 3 aromatic rings. The number of nitrogen functional groups attached to an aromatic ring is 1. The number of nitrogens with two attached hydrogens (primary N) is 2. The number of benzene rings is 2. The molecule has 13 heteroatoms. The van der Waals surface area contributed by atoms with Crippen LogP contribution in [0.5, 0.6) is 5.75 Å². The van der Waals surface area contributed by atoms with E-state index >= 15 is 0 Å².